The molecule has 6 nitrogen and oxygen atoms in total. The Morgan fingerprint density at radius 3 is 2.48 bits per heavy atom. The minimum atomic E-state index is -0.306. The van der Waals surface area contributed by atoms with Crippen molar-refractivity contribution in [1.29, 1.82) is 0 Å². The molecule has 3 aliphatic heterocycles. The largest absolute Gasteiger partial charge is 0.337 e. The molecule has 2 aromatic rings. The molecule has 4 fully saturated rings. The molecule has 1 amide bonds. The molecule has 4 heterocycles. The molecule has 2 atom stereocenters. The van der Waals surface area contributed by atoms with Gasteiger partial charge in [-0.15, -0.1) is 0 Å². The Labute approximate surface area is 163 Å². The van der Waals surface area contributed by atoms with E-state index in [-0.39, 0.29) is 23.8 Å². The Balaban J connectivity index is 1.51. The molecule has 0 radical (unpaired) electrons. The summed E-state index contributed by atoms with van der Waals surface area (Å²) < 4.78 is 2.93. The predicted molar refractivity (Wildman–Crippen MR) is 105 cm³/mol. The van der Waals surface area contributed by atoms with Crippen LogP contribution in [0.15, 0.2) is 23.0 Å². The molecule has 7 heteroatoms. The van der Waals surface area contributed by atoms with Gasteiger partial charge in [-0.2, -0.15) is 0 Å². The number of hydrogen-bond acceptors (Lipinski definition) is 3. The van der Waals surface area contributed by atoms with Crippen LogP contribution < -0.4 is 11.0 Å². The summed E-state index contributed by atoms with van der Waals surface area (Å²) in [5, 5.41) is 3.79. The number of benzene rings is 1. The van der Waals surface area contributed by atoms with E-state index in [0.29, 0.717) is 27.9 Å². The van der Waals surface area contributed by atoms with Gasteiger partial charge in [0.25, 0.3) is 0 Å². The second kappa shape index (κ2) is 6.11. The Bertz CT molecular complexity index is 948. The normalized spacial score (nSPS) is 31.8. The lowest BCUT2D eigenvalue weighted by molar-refractivity contribution is -0.0405. The smallest absolute Gasteiger partial charge is 0.334 e. The van der Waals surface area contributed by atoms with E-state index in [0.717, 1.165) is 19.0 Å². The van der Waals surface area contributed by atoms with Gasteiger partial charge in [-0.1, -0.05) is 11.6 Å². The molecule has 27 heavy (non-hydrogen) atoms. The Morgan fingerprint density at radius 1 is 1.15 bits per heavy atom. The number of hydrogen-bond donors (Lipinski definition) is 1. The molecular weight excluding hydrogens is 364 g/mol. The monoisotopic (exact) mass is 388 g/mol. The first-order chi connectivity index (χ1) is 12.9. The van der Waals surface area contributed by atoms with Gasteiger partial charge in [0.1, 0.15) is 0 Å². The van der Waals surface area contributed by atoms with E-state index in [2.05, 4.69) is 10.2 Å². The van der Waals surface area contributed by atoms with Crippen molar-refractivity contribution < 1.29 is 4.79 Å². The molecular formula is C20H25ClN4O2. The number of piperidine rings is 3. The zero-order valence-electron chi connectivity index (χ0n) is 15.7. The molecule has 144 valence electrons. The number of carbonyl (C=O) groups is 1. The minimum Gasteiger partial charge on any atom is -0.334 e. The van der Waals surface area contributed by atoms with Crippen molar-refractivity contribution in [3.63, 3.8) is 0 Å². The quantitative estimate of drug-likeness (QED) is 0.860. The fourth-order valence-electron chi connectivity index (χ4n) is 5.74. The highest BCUT2D eigenvalue weighted by molar-refractivity contribution is 6.31. The highest BCUT2D eigenvalue weighted by Crippen LogP contribution is 2.43. The first-order valence-corrected chi connectivity index (χ1v) is 10.3. The van der Waals surface area contributed by atoms with E-state index in [1.54, 1.807) is 22.8 Å². The van der Waals surface area contributed by atoms with Crippen LogP contribution in [-0.4, -0.2) is 45.7 Å². The summed E-state index contributed by atoms with van der Waals surface area (Å²) >= 11 is 6.14. The number of rotatable bonds is 2. The maximum atomic E-state index is 13.2. The third-order valence-corrected chi connectivity index (χ3v) is 6.87. The molecule has 1 aromatic heterocycles. The lowest BCUT2D eigenvalue weighted by Crippen LogP contribution is -2.65. The predicted octanol–water partition coefficient (Wildman–Crippen LogP) is 2.94. The van der Waals surface area contributed by atoms with Crippen LogP contribution in [0.3, 0.4) is 0 Å². The fraction of sp³-hybridized carbons (Fsp3) is 0.600. The number of aromatic nitrogens is 2. The van der Waals surface area contributed by atoms with Crippen LogP contribution in [0.1, 0.15) is 32.7 Å². The molecule has 1 aromatic carbocycles. The first kappa shape index (κ1) is 17.3. The number of amides is 1. The van der Waals surface area contributed by atoms with E-state index in [4.69, 9.17) is 11.6 Å². The molecule has 2 unspecified atom stereocenters. The summed E-state index contributed by atoms with van der Waals surface area (Å²) in [6.07, 6.45) is 2.38. The van der Waals surface area contributed by atoms with Crippen molar-refractivity contribution in [3.8, 4) is 0 Å². The van der Waals surface area contributed by atoms with E-state index >= 15 is 0 Å². The van der Waals surface area contributed by atoms with Gasteiger partial charge in [-0.3, -0.25) is 4.57 Å². The van der Waals surface area contributed by atoms with Gasteiger partial charge in [0.05, 0.1) is 11.0 Å². The molecule has 6 rings (SSSR count). The van der Waals surface area contributed by atoms with Crippen LogP contribution in [0.2, 0.25) is 5.02 Å². The van der Waals surface area contributed by atoms with Crippen molar-refractivity contribution in [3.05, 3.63) is 33.7 Å². The summed E-state index contributed by atoms with van der Waals surface area (Å²) in [6.45, 7) is 7.23. The number of nitrogens with one attached hydrogen (secondary N) is 1. The molecule has 0 spiro atoms. The maximum Gasteiger partial charge on any atom is 0.337 e. The number of imidazole rings is 1. The summed E-state index contributed by atoms with van der Waals surface area (Å²) in [7, 11) is 0. The molecule has 4 aliphatic rings. The van der Waals surface area contributed by atoms with Gasteiger partial charge in [0, 0.05) is 36.7 Å². The average Bonchev–Trinajstić information content (AvgIpc) is 2.88. The topological polar surface area (TPSA) is 59.3 Å². The first-order valence-electron chi connectivity index (χ1n) is 9.88. The lowest BCUT2D eigenvalue weighted by Gasteiger charge is -2.55. The number of nitrogens with zero attached hydrogens (tertiary/aromatic N) is 3. The Kier molecular flexibility index (Phi) is 3.92. The van der Waals surface area contributed by atoms with E-state index in [1.165, 1.54) is 24.0 Å². The van der Waals surface area contributed by atoms with E-state index in [9.17, 15) is 9.59 Å². The summed E-state index contributed by atoms with van der Waals surface area (Å²) in [5.41, 5.74) is 1.02. The number of fused-ring (bicyclic) bond motifs is 1. The van der Waals surface area contributed by atoms with E-state index < -0.39 is 0 Å². The van der Waals surface area contributed by atoms with Gasteiger partial charge in [0.15, 0.2) is 0 Å². The van der Waals surface area contributed by atoms with Crippen LogP contribution in [-0.2, 0) is 0 Å². The zero-order valence-corrected chi connectivity index (χ0v) is 16.4. The molecule has 1 saturated carbocycles. The highest BCUT2D eigenvalue weighted by atomic mass is 35.5. The molecule has 1 N–H and O–H groups in total. The van der Waals surface area contributed by atoms with Crippen LogP contribution in [0.5, 0.6) is 0 Å². The van der Waals surface area contributed by atoms with Gasteiger partial charge in [0.2, 0.25) is 0 Å². The summed E-state index contributed by atoms with van der Waals surface area (Å²) in [5.74, 6) is 1.79. The number of halogens is 1. The van der Waals surface area contributed by atoms with Crippen molar-refractivity contribution in [2.75, 3.05) is 19.6 Å². The maximum absolute atomic E-state index is 13.2. The van der Waals surface area contributed by atoms with Crippen molar-refractivity contribution >= 4 is 28.7 Å². The fourth-order valence-corrected chi connectivity index (χ4v) is 5.90. The van der Waals surface area contributed by atoms with Crippen LogP contribution in [0.25, 0.3) is 11.0 Å². The van der Waals surface area contributed by atoms with Crippen molar-refractivity contribution in [1.82, 2.24) is 19.4 Å². The zero-order chi connectivity index (χ0) is 18.9. The van der Waals surface area contributed by atoms with Crippen LogP contribution in [0, 0.1) is 17.8 Å². The Morgan fingerprint density at radius 2 is 1.85 bits per heavy atom. The standard InChI is InChI=1S/C20H25ClN4O2/c1-11(2)24-17-7-15(21)3-4-16(17)25(20(24)27)19(26)22-18-13-5-12-6-14(18)10-23(8-12)9-13/h3-4,7,11-14,18H,5-6,8-10H2,1-2H3,(H,22,26). The Hall–Kier alpha value is -1.79. The third kappa shape index (κ3) is 2.64. The lowest BCUT2D eigenvalue weighted by atomic mass is 9.65. The number of carbonyl (C=O) groups excluding carboxylic acids is 1. The summed E-state index contributed by atoms with van der Waals surface area (Å²) in [6, 6.07) is 5.06. The summed E-state index contributed by atoms with van der Waals surface area (Å²) in [4.78, 5) is 28.8. The van der Waals surface area contributed by atoms with Gasteiger partial charge < -0.3 is 10.2 Å². The van der Waals surface area contributed by atoms with Gasteiger partial charge in [-0.05, 0) is 62.6 Å². The van der Waals surface area contributed by atoms with Gasteiger partial charge in [-0.25, -0.2) is 14.2 Å². The molecule has 1 aliphatic carbocycles. The van der Waals surface area contributed by atoms with Gasteiger partial charge >= 0.3 is 11.7 Å². The van der Waals surface area contributed by atoms with Crippen LogP contribution >= 0.6 is 11.6 Å². The van der Waals surface area contributed by atoms with Crippen LogP contribution in [0.4, 0.5) is 4.79 Å². The second-order valence-corrected chi connectivity index (χ2v) is 9.20. The average molecular weight is 389 g/mol. The molecule has 4 bridgehead atoms. The van der Waals surface area contributed by atoms with Crippen molar-refractivity contribution in [2.24, 2.45) is 17.8 Å². The second-order valence-electron chi connectivity index (χ2n) is 8.77. The van der Waals surface area contributed by atoms with Crippen molar-refractivity contribution in [2.45, 2.75) is 38.8 Å². The molecule has 3 saturated heterocycles. The van der Waals surface area contributed by atoms with E-state index in [1.807, 2.05) is 13.8 Å². The minimum absolute atomic E-state index is 0.0542. The highest BCUT2D eigenvalue weighted by Gasteiger charge is 2.48. The third-order valence-electron chi connectivity index (χ3n) is 6.63. The SMILES string of the molecule is CC(C)n1c(=O)n(C(=O)NC2C3CC4CC2CN(C4)C3)c2ccc(Cl)cc21.